The van der Waals surface area contributed by atoms with Gasteiger partial charge in [0.2, 0.25) is 0 Å². The predicted octanol–water partition coefficient (Wildman–Crippen LogP) is 7.32. The zero-order valence-electron chi connectivity index (χ0n) is 45.8. The van der Waals surface area contributed by atoms with Crippen molar-refractivity contribution in [3.63, 3.8) is 0 Å². The lowest BCUT2D eigenvalue weighted by Gasteiger charge is -2.40. The highest BCUT2D eigenvalue weighted by Gasteiger charge is 2.51. The molecule has 12 nitrogen and oxygen atoms in total. The van der Waals surface area contributed by atoms with Crippen LogP contribution in [0.3, 0.4) is 0 Å². The molecule has 12 N–H and O–H groups in total. The smallest absolute Gasteiger partial charge is 0.102 e. The van der Waals surface area contributed by atoms with E-state index in [-0.39, 0.29) is 34.5 Å². The van der Waals surface area contributed by atoms with E-state index in [0.717, 1.165) is 126 Å². The molecule has 5 aliphatic carbocycles. The quantitative estimate of drug-likeness (QED) is 0.126. The molecule has 12 heteroatoms. The number of aliphatic hydroxyl groups is 6. The number of fused-ring (bicyclic) bond motifs is 2. The minimum atomic E-state index is -0.723. The third-order valence-electron chi connectivity index (χ3n) is 20.0. The van der Waals surface area contributed by atoms with Gasteiger partial charge < -0.3 is 62.5 Å². The van der Waals surface area contributed by atoms with E-state index in [4.69, 9.17) is 0 Å². The van der Waals surface area contributed by atoms with Crippen molar-refractivity contribution in [2.24, 2.45) is 11.3 Å². The van der Waals surface area contributed by atoms with Crippen molar-refractivity contribution in [1.29, 1.82) is 0 Å². The van der Waals surface area contributed by atoms with Crippen LogP contribution in [0.25, 0.3) is 0 Å². The van der Waals surface area contributed by atoms with Crippen molar-refractivity contribution in [1.82, 2.24) is 31.9 Å². The molecule has 0 spiro atoms. The molecule has 0 aromatic heterocycles. The summed E-state index contributed by atoms with van der Waals surface area (Å²) in [6.07, 6.45) is 28.7. The van der Waals surface area contributed by atoms with Crippen LogP contribution in [-0.2, 0) is 11.2 Å². The van der Waals surface area contributed by atoms with E-state index in [0.29, 0.717) is 29.6 Å². The summed E-state index contributed by atoms with van der Waals surface area (Å²) in [5.41, 5.74) is -0.455. The summed E-state index contributed by atoms with van der Waals surface area (Å²) >= 11 is 0. The van der Waals surface area contributed by atoms with Gasteiger partial charge in [0.25, 0.3) is 0 Å². The van der Waals surface area contributed by atoms with Gasteiger partial charge in [-0.15, -0.1) is 0 Å². The molecule has 11 aliphatic rings. The summed E-state index contributed by atoms with van der Waals surface area (Å²) in [7, 11) is 0. The van der Waals surface area contributed by atoms with Gasteiger partial charge in [-0.1, -0.05) is 126 Å². The van der Waals surface area contributed by atoms with Crippen LogP contribution in [0.5, 0.6) is 0 Å². The molecule has 5 saturated carbocycles. The summed E-state index contributed by atoms with van der Waals surface area (Å²) in [6.45, 7) is 13.6. The van der Waals surface area contributed by atoms with Crippen molar-refractivity contribution in [2.75, 3.05) is 32.7 Å². The molecular weight excluding hydrogens is 913 g/mol. The normalized spacial score (nSPS) is 34.9. The zero-order valence-corrected chi connectivity index (χ0v) is 45.8. The van der Waals surface area contributed by atoms with Crippen molar-refractivity contribution < 1.29 is 30.6 Å². The Morgan fingerprint density at radius 3 is 1.18 bits per heavy atom. The van der Waals surface area contributed by atoms with Crippen LogP contribution in [-0.4, -0.2) is 128 Å². The molecule has 6 heterocycles. The van der Waals surface area contributed by atoms with E-state index in [1.54, 1.807) is 0 Å². The lowest BCUT2D eigenvalue weighted by atomic mass is 9.83. The molecule has 2 aromatic rings. The van der Waals surface area contributed by atoms with Crippen LogP contribution in [0.2, 0.25) is 0 Å². The number of benzene rings is 2. The highest BCUT2D eigenvalue weighted by molar-refractivity contribution is 5.25. The maximum Gasteiger partial charge on any atom is 0.102 e. The highest BCUT2D eigenvalue weighted by atomic mass is 16.3. The first-order chi connectivity index (χ1) is 34.8. The fourth-order valence-corrected chi connectivity index (χ4v) is 14.6. The Hall–Kier alpha value is -2.04. The zero-order chi connectivity index (χ0) is 51.8. The van der Waals surface area contributed by atoms with Crippen LogP contribution < -0.4 is 31.9 Å². The highest BCUT2D eigenvalue weighted by Crippen LogP contribution is 2.45. The molecule has 6 saturated heterocycles. The molecule has 13 rings (SSSR count). The molecule has 2 bridgehead atoms. The second-order valence-corrected chi connectivity index (χ2v) is 26.0. The van der Waals surface area contributed by atoms with Gasteiger partial charge in [0.1, 0.15) is 11.2 Å². The Morgan fingerprint density at radius 1 is 0.452 bits per heavy atom. The van der Waals surface area contributed by atoms with E-state index in [2.05, 4.69) is 45.7 Å². The summed E-state index contributed by atoms with van der Waals surface area (Å²) in [5.74, 6) is 0.785. The third-order valence-corrected chi connectivity index (χ3v) is 20.0. The van der Waals surface area contributed by atoms with E-state index < -0.39 is 11.2 Å². The molecule has 2 unspecified atom stereocenters. The molecular formula is C61H102N6O6. The largest absolute Gasteiger partial charge is 0.388 e. The molecule has 0 amide bonds. The Bertz CT molecular complexity index is 1870. The van der Waals surface area contributed by atoms with Crippen LogP contribution in [0.1, 0.15) is 199 Å². The topological polar surface area (TPSA) is 194 Å². The fourth-order valence-electron chi connectivity index (χ4n) is 14.6. The fraction of sp³-hybridized carbons (Fsp3) is 0.803. The molecule has 2 aromatic carbocycles. The summed E-state index contributed by atoms with van der Waals surface area (Å²) < 4.78 is 0. The minimum Gasteiger partial charge on any atom is -0.388 e. The Morgan fingerprint density at radius 2 is 0.863 bits per heavy atom. The van der Waals surface area contributed by atoms with E-state index >= 15 is 0 Å². The van der Waals surface area contributed by atoms with E-state index in [9.17, 15) is 30.6 Å². The van der Waals surface area contributed by atoms with Gasteiger partial charge in [0.05, 0.1) is 22.4 Å². The average molecular weight is 1020 g/mol. The third kappa shape index (κ3) is 14.2. The van der Waals surface area contributed by atoms with Gasteiger partial charge in [-0.2, -0.15) is 0 Å². The lowest BCUT2D eigenvalue weighted by molar-refractivity contribution is -0.0148. The van der Waals surface area contributed by atoms with Gasteiger partial charge >= 0.3 is 0 Å². The van der Waals surface area contributed by atoms with Gasteiger partial charge in [0.15, 0.2) is 0 Å². The maximum absolute atomic E-state index is 10.5. The molecule has 11 fully saturated rings. The van der Waals surface area contributed by atoms with Gasteiger partial charge in [-0.25, -0.2) is 0 Å². The van der Waals surface area contributed by atoms with Gasteiger partial charge in [0, 0.05) is 48.8 Å². The van der Waals surface area contributed by atoms with Crippen LogP contribution in [0, 0.1) is 11.3 Å². The number of hydrogen-bond acceptors (Lipinski definition) is 12. The number of rotatable bonds is 8. The Balaban J connectivity index is 0.000000117. The Kier molecular flexibility index (Phi) is 19.4. The standard InChI is InChI=1S/C11H19NO.C11H21NO.2C11H15NO.C9H17NO.C8H15NO/c13-11(5-1-2-6-11)10-8-3-4-9(7-8)12-10;1-10(2)7-9(12-8-10)11(13)5-3-4-6-11;2*1-11(13,10-7-8-12-10)9-5-3-2-4-6-9;11-9(5-1-2-6-9)8-4-3-7-10-8;10-8(4-1-2-5-8)7-3-6-9-7/h8-10,12-13H,1-7H2;9,12-13H,3-8H2,1-2H3;2*2-6,10,12-13H,7-8H2,1H3;8,10-11H,1-7H2;7,9-10H,1-6H2/t8?,9?,10-;9-;10-,11+;10-,11-;8-;7-/m000000/s1. The number of piperidine rings is 1. The molecule has 0 radical (unpaired) electrons. The van der Waals surface area contributed by atoms with Crippen molar-refractivity contribution in [2.45, 2.75) is 264 Å². The lowest BCUT2D eigenvalue weighted by Crippen LogP contribution is -2.57. The van der Waals surface area contributed by atoms with Crippen LogP contribution in [0.4, 0.5) is 0 Å². The first-order valence-corrected chi connectivity index (χ1v) is 29.7. The summed E-state index contributed by atoms with van der Waals surface area (Å²) in [5, 5.41) is 81.6. The number of hydrogen-bond donors (Lipinski definition) is 12. The van der Waals surface area contributed by atoms with Crippen molar-refractivity contribution >= 4 is 0 Å². The van der Waals surface area contributed by atoms with Gasteiger partial charge in [-0.3, -0.25) is 0 Å². The summed E-state index contributed by atoms with van der Waals surface area (Å²) in [6, 6.07) is 22.5. The molecule has 412 valence electrons. The second-order valence-electron chi connectivity index (χ2n) is 26.0. The van der Waals surface area contributed by atoms with E-state index in [1.807, 2.05) is 74.5 Å². The van der Waals surface area contributed by atoms with Crippen molar-refractivity contribution in [3.8, 4) is 0 Å². The molecule has 73 heavy (non-hydrogen) atoms. The van der Waals surface area contributed by atoms with Crippen LogP contribution in [0.15, 0.2) is 60.7 Å². The number of nitrogens with one attached hydrogen (secondary N) is 6. The average Bonchev–Trinajstić information content (AvgIpc) is 4.17. The SMILES string of the molecule is CC1(C)CN[C@H](C2(O)CCCC2)C1.C[C@@](O)(c1ccccc1)[C@@H]1CCN1.C[C@](O)(c1ccccc1)[C@@H]1CCN1.OC1([C@@H]2CCCN2)CCCC1.OC1([C@@H]2CCN2)CCCC1.OC1([C@H]2NC3CCC2C3)CCCC1. The first kappa shape index (κ1) is 57.1. The van der Waals surface area contributed by atoms with Crippen LogP contribution >= 0.6 is 0 Å². The maximum atomic E-state index is 10.5. The monoisotopic (exact) mass is 1010 g/mol. The van der Waals surface area contributed by atoms with Crippen molar-refractivity contribution in [3.05, 3.63) is 71.8 Å². The minimum absolute atomic E-state index is 0.218. The molecule has 6 aliphatic heterocycles. The van der Waals surface area contributed by atoms with E-state index in [1.165, 1.54) is 89.9 Å². The second kappa shape index (κ2) is 24.7. The molecule has 10 atom stereocenters. The Labute approximate surface area is 440 Å². The predicted molar refractivity (Wildman–Crippen MR) is 294 cm³/mol. The summed E-state index contributed by atoms with van der Waals surface area (Å²) in [4.78, 5) is 0. The first-order valence-electron chi connectivity index (χ1n) is 29.7. The van der Waals surface area contributed by atoms with Gasteiger partial charge in [-0.05, 0) is 172 Å².